The van der Waals surface area contributed by atoms with Gasteiger partial charge >= 0.3 is 0 Å². The zero-order chi connectivity index (χ0) is 15.0. The molecule has 21 heavy (non-hydrogen) atoms. The Labute approximate surface area is 121 Å². The summed E-state index contributed by atoms with van der Waals surface area (Å²) in [5, 5.41) is 0. The molecule has 3 aromatic rings. The van der Waals surface area contributed by atoms with E-state index in [1.807, 2.05) is 18.5 Å². The normalized spacial score (nSPS) is 11.2. The maximum atomic E-state index is 5.95. The maximum absolute atomic E-state index is 5.95. The van der Waals surface area contributed by atoms with Gasteiger partial charge in [-0.25, -0.2) is 4.98 Å². The fourth-order valence-corrected chi connectivity index (χ4v) is 2.10. The molecule has 0 unspecified atom stereocenters. The van der Waals surface area contributed by atoms with Gasteiger partial charge in [-0.15, -0.1) is 0 Å². The first-order chi connectivity index (χ1) is 10.1. The number of rotatable bonds is 3. The lowest BCUT2D eigenvalue weighted by atomic mass is 10.0. The molecule has 0 fully saturated rings. The lowest BCUT2D eigenvalue weighted by molar-refractivity contribution is 0.475. The fourth-order valence-electron chi connectivity index (χ4n) is 2.10. The summed E-state index contributed by atoms with van der Waals surface area (Å²) >= 11 is 0. The zero-order valence-corrected chi connectivity index (χ0v) is 11.8. The van der Waals surface area contributed by atoms with Gasteiger partial charge in [-0.05, 0) is 12.0 Å². The van der Waals surface area contributed by atoms with Crippen LogP contribution in [0.2, 0.25) is 0 Å². The summed E-state index contributed by atoms with van der Waals surface area (Å²) in [5.74, 6) is 1.61. The molecule has 0 atom stereocenters. The minimum atomic E-state index is 0.115. The molecule has 0 saturated heterocycles. The van der Waals surface area contributed by atoms with Gasteiger partial charge in [0.1, 0.15) is 5.52 Å². The first-order valence-corrected chi connectivity index (χ1v) is 6.58. The van der Waals surface area contributed by atoms with Gasteiger partial charge in [-0.3, -0.25) is 4.98 Å². The number of nitrogens with one attached hydrogen (secondary N) is 1. The van der Waals surface area contributed by atoms with Crippen LogP contribution in [-0.2, 0) is 0 Å². The quantitative estimate of drug-likeness (QED) is 0.680. The highest BCUT2D eigenvalue weighted by Gasteiger charge is 2.16. The number of nitrogens with two attached hydrogens (primary N) is 2. The van der Waals surface area contributed by atoms with Crippen molar-refractivity contribution in [1.29, 1.82) is 0 Å². The SMILES string of the molecule is CC(C)c1cnc2cc[nH]c2c1Oc1cnc(N)nc1N. The molecule has 0 spiro atoms. The van der Waals surface area contributed by atoms with Gasteiger partial charge in [-0.1, -0.05) is 13.8 Å². The summed E-state index contributed by atoms with van der Waals surface area (Å²) in [6.07, 6.45) is 5.10. The molecule has 5 N–H and O–H groups in total. The maximum Gasteiger partial charge on any atom is 0.222 e. The Hall–Kier alpha value is -2.83. The monoisotopic (exact) mass is 284 g/mol. The van der Waals surface area contributed by atoms with Crippen molar-refractivity contribution < 1.29 is 4.74 Å². The van der Waals surface area contributed by atoms with Crippen LogP contribution in [0, 0.1) is 0 Å². The Bertz CT molecular complexity index is 795. The molecule has 0 saturated carbocycles. The molecular formula is C14H16N6O. The van der Waals surface area contributed by atoms with Crippen molar-refractivity contribution in [2.45, 2.75) is 19.8 Å². The van der Waals surface area contributed by atoms with Gasteiger partial charge < -0.3 is 21.2 Å². The van der Waals surface area contributed by atoms with Crippen LogP contribution in [0.3, 0.4) is 0 Å². The third-order valence-electron chi connectivity index (χ3n) is 3.19. The van der Waals surface area contributed by atoms with E-state index in [1.165, 1.54) is 6.20 Å². The number of ether oxygens (including phenoxy) is 1. The summed E-state index contributed by atoms with van der Waals surface area (Å²) < 4.78 is 5.95. The second-order valence-corrected chi connectivity index (χ2v) is 5.02. The van der Waals surface area contributed by atoms with Crippen molar-refractivity contribution >= 4 is 22.8 Å². The second kappa shape index (κ2) is 4.93. The fraction of sp³-hybridized carbons (Fsp3) is 0.214. The van der Waals surface area contributed by atoms with Gasteiger partial charge in [0.2, 0.25) is 5.95 Å². The van der Waals surface area contributed by atoms with Crippen LogP contribution in [-0.4, -0.2) is 19.9 Å². The van der Waals surface area contributed by atoms with Gasteiger partial charge in [-0.2, -0.15) is 4.98 Å². The molecule has 0 aromatic carbocycles. The number of pyridine rings is 1. The van der Waals surface area contributed by atoms with E-state index < -0.39 is 0 Å². The summed E-state index contributed by atoms with van der Waals surface area (Å²) in [4.78, 5) is 15.4. The van der Waals surface area contributed by atoms with Gasteiger partial charge in [0.25, 0.3) is 0 Å². The second-order valence-electron chi connectivity index (χ2n) is 5.02. The Morgan fingerprint density at radius 2 is 2.00 bits per heavy atom. The standard InChI is InChI=1S/C14H16N6O/c1-7(2)8-5-18-9-3-4-17-11(9)12(8)21-10-6-19-14(16)20-13(10)15/h3-7,17H,1-2H3,(H4,15,16,19,20). The lowest BCUT2D eigenvalue weighted by Crippen LogP contribution is -2.03. The molecule has 108 valence electrons. The highest BCUT2D eigenvalue weighted by atomic mass is 16.5. The molecule has 0 radical (unpaired) electrons. The van der Waals surface area contributed by atoms with E-state index in [0.717, 1.165) is 16.6 Å². The van der Waals surface area contributed by atoms with Crippen molar-refractivity contribution in [3.8, 4) is 11.5 Å². The number of aromatic amines is 1. The summed E-state index contributed by atoms with van der Waals surface area (Å²) in [6.45, 7) is 4.14. The first-order valence-electron chi connectivity index (χ1n) is 6.58. The van der Waals surface area contributed by atoms with Crippen molar-refractivity contribution in [1.82, 2.24) is 19.9 Å². The van der Waals surface area contributed by atoms with E-state index in [0.29, 0.717) is 11.5 Å². The minimum absolute atomic E-state index is 0.115. The van der Waals surface area contributed by atoms with Crippen LogP contribution in [0.5, 0.6) is 11.5 Å². The van der Waals surface area contributed by atoms with Crippen LogP contribution in [0.1, 0.15) is 25.3 Å². The number of H-pyrrole nitrogens is 1. The molecule has 7 heteroatoms. The van der Waals surface area contributed by atoms with Crippen molar-refractivity contribution in [2.24, 2.45) is 0 Å². The molecule has 7 nitrogen and oxygen atoms in total. The first kappa shape index (κ1) is 13.2. The van der Waals surface area contributed by atoms with Crippen LogP contribution in [0.4, 0.5) is 11.8 Å². The molecule has 0 aliphatic rings. The Morgan fingerprint density at radius 3 is 2.71 bits per heavy atom. The number of anilines is 2. The Balaban J connectivity index is 2.14. The van der Waals surface area contributed by atoms with Crippen molar-refractivity contribution in [2.75, 3.05) is 11.5 Å². The van der Waals surface area contributed by atoms with E-state index in [9.17, 15) is 0 Å². The van der Waals surface area contributed by atoms with Gasteiger partial charge in [0.05, 0.1) is 11.7 Å². The van der Waals surface area contributed by atoms with E-state index in [-0.39, 0.29) is 17.7 Å². The number of hydrogen-bond acceptors (Lipinski definition) is 6. The van der Waals surface area contributed by atoms with Gasteiger partial charge in [0.15, 0.2) is 17.3 Å². The molecule has 3 rings (SSSR count). The van der Waals surface area contributed by atoms with Crippen LogP contribution in [0.25, 0.3) is 11.0 Å². The van der Waals surface area contributed by atoms with Crippen LogP contribution >= 0.6 is 0 Å². The number of fused-ring (bicyclic) bond motifs is 1. The highest BCUT2D eigenvalue weighted by Crippen LogP contribution is 2.36. The number of nitrogens with zero attached hydrogens (tertiary/aromatic N) is 3. The zero-order valence-electron chi connectivity index (χ0n) is 11.8. The minimum Gasteiger partial charge on any atom is -0.449 e. The van der Waals surface area contributed by atoms with Crippen molar-refractivity contribution in [3.05, 3.63) is 30.2 Å². The smallest absolute Gasteiger partial charge is 0.222 e. The average Bonchev–Trinajstić information content (AvgIpc) is 2.90. The van der Waals surface area contributed by atoms with Crippen molar-refractivity contribution in [3.63, 3.8) is 0 Å². The molecule has 0 bridgehead atoms. The third-order valence-corrected chi connectivity index (χ3v) is 3.19. The molecule has 0 aliphatic carbocycles. The largest absolute Gasteiger partial charge is 0.449 e. The predicted octanol–water partition coefficient (Wildman–Crippen LogP) is 2.43. The molecule has 0 amide bonds. The van der Waals surface area contributed by atoms with Gasteiger partial charge in [0, 0.05) is 18.0 Å². The molecule has 3 heterocycles. The van der Waals surface area contributed by atoms with E-state index >= 15 is 0 Å². The number of nitrogen functional groups attached to an aromatic ring is 2. The molecular weight excluding hydrogens is 268 g/mol. The van der Waals surface area contributed by atoms with Crippen LogP contribution in [0.15, 0.2) is 24.7 Å². The average molecular weight is 284 g/mol. The molecule has 0 aliphatic heterocycles. The molecule has 3 aromatic heterocycles. The predicted molar refractivity (Wildman–Crippen MR) is 81.1 cm³/mol. The number of aromatic nitrogens is 4. The Kier molecular flexibility index (Phi) is 3.09. The van der Waals surface area contributed by atoms with E-state index in [2.05, 4.69) is 33.8 Å². The highest BCUT2D eigenvalue weighted by molar-refractivity contribution is 5.83. The third kappa shape index (κ3) is 2.33. The Morgan fingerprint density at radius 1 is 1.19 bits per heavy atom. The summed E-state index contributed by atoms with van der Waals surface area (Å²) in [7, 11) is 0. The van der Waals surface area contributed by atoms with Crippen LogP contribution < -0.4 is 16.2 Å². The topological polar surface area (TPSA) is 116 Å². The van der Waals surface area contributed by atoms with E-state index in [1.54, 1.807) is 0 Å². The lowest BCUT2D eigenvalue weighted by Gasteiger charge is -2.15. The summed E-state index contributed by atoms with van der Waals surface area (Å²) in [6, 6.07) is 1.88. The van der Waals surface area contributed by atoms with E-state index in [4.69, 9.17) is 16.2 Å². The summed E-state index contributed by atoms with van der Waals surface area (Å²) in [5.41, 5.74) is 13.9. The number of hydrogen-bond donors (Lipinski definition) is 3.